The van der Waals surface area contributed by atoms with Gasteiger partial charge in [-0.15, -0.1) is 0 Å². The van der Waals surface area contributed by atoms with Crippen LogP contribution in [0.25, 0.3) is 0 Å². The van der Waals surface area contributed by atoms with Gasteiger partial charge in [-0.2, -0.15) is 4.39 Å². The van der Waals surface area contributed by atoms with Crippen molar-refractivity contribution in [1.29, 1.82) is 0 Å². The molecule has 112 valence electrons. The van der Waals surface area contributed by atoms with Crippen LogP contribution in [0.15, 0.2) is 12.1 Å². The van der Waals surface area contributed by atoms with E-state index in [9.17, 15) is 13.3 Å². The van der Waals surface area contributed by atoms with Crippen molar-refractivity contribution in [2.45, 2.75) is 38.1 Å². The number of nitrogens with two attached hydrogens (primary N) is 2. The Morgan fingerprint density at radius 3 is 2.30 bits per heavy atom. The number of hydrogen-bond donors (Lipinski definition) is 3. The second-order valence-electron chi connectivity index (χ2n) is 5.04. The zero-order chi connectivity index (χ0) is 14.9. The summed E-state index contributed by atoms with van der Waals surface area (Å²) in [5.41, 5.74) is 10.8. The average molecular weight is 305 g/mol. The van der Waals surface area contributed by atoms with Gasteiger partial charge in [0.2, 0.25) is 5.82 Å². The predicted molar refractivity (Wildman–Crippen MR) is 73.4 cm³/mol. The molecule has 0 heterocycles. The Morgan fingerprint density at radius 1 is 1.15 bits per heavy atom. The van der Waals surface area contributed by atoms with Crippen LogP contribution in [0.2, 0.25) is 0 Å². The highest BCUT2D eigenvalue weighted by atomic mass is 31.2. The minimum absolute atomic E-state index is 0.263. The summed E-state index contributed by atoms with van der Waals surface area (Å²) in [4.78, 5) is 0. The number of anilines is 1. The summed E-state index contributed by atoms with van der Waals surface area (Å²) in [5, 5.41) is 9.15. The van der Waals surface area contributed by atoms with Gasteiger partial charge in [0, 0.05) is 6.04 Å². The second-order valence-corrected chi connectivity index (χ2v) is 6.82. The number of aromatic hydroxyl groups is 1. The van der Waals surface area contributed by atoms with Crippen molar-refractivity contribution in [1.82, 2.24) is 0 Å². The first-order valence-corrected chi connectivity index (χ1v) is 8.26. The van der Waals surface area contributed by atoms with Crippen molar-refractivity contribution in [3.05, 3.63) is 23.8 Å². The zero-order valence-corrected chi connectivity index (χ0v) is 11.8. The van der Waals surface area contributed by atoms with Crippen LogP contribution in [0.5, 0.6) is 5.75 Å². The molecule has 1 aliphatic carbocycles. The highest BCUT2D eigenvalue weighted by Crippen LogP contribution is 2.45. The molecule has 1 aliphatic rings. The molecule has 8 heteroatoms. The lowest BCUT2D eigenvalue weighted by molar-refractivity contribution is 0.402. The first kappa shape index (κ1) is 15.2. The van der Waals surface area contributed by atoms with Gasteiger partial charge in [0.25, 0.3) is 0 Å². The van der Waals surface area contributed by atoms with Crippen molar-refractivity contribution in [2.24, 2.45) is 11.0 Å². The monoisotopic (exact) mass is 305 g/mol. The maximum atomic E-state index is 14.0. The van der Waals surface area contributed by atoms with Gasteiger partial charge in [-0.3, -0.25) is 20.2 Å². The minimum atomic E-state index is -3.78. The average Bonchev–Trinajstić information content (AvgIpc) is 2.39. The zero-order valence-electron chi connectivity index (χ0n) is 10.9. The van der Waals surface area contributed by atoms with E-state index in [4.69, 9.17) is 16.1 Å². The minimum Gasteiger partial charge on any atom is -0.505 e. The summed E-state index contributed by atoms with van der Waals surface area (Å²) >= 11 is 0. The van der Waals surface area contributed by atoms with Gasteiger partial charge in [0.15, 0.2) is 11.6 Å². The van der Waals surface area contributed by atoms with E-state index in [0.29, 0.717) is 12.8 Å². The molecule has 0 spiro atoms. The molecule has 1 aromatic rings. The molecule has 1 saturated carbocycles. The van der Waals surface area contributed by atoms with Crippen LogP contribution in [0, 0.1) is 11.6 Å². The van der Waals surface area contributed by atoms with Gasteiger partial charge in [-0.25, -0.2) is 4.39 Å². The van der Waals surface area contributed by atoms with Crippen LogP contribution in [-0.4, -0.2) is 11.1 Å². The standard InChI is InChI=1S/C12H18F2N3O2P/c13-11-9(6-7-10(18)12(11)14)17(20(15,16)19)8-4-2-1-3-5-8/h6-8,18H,1-5H2,(H4,15,16,19). The van der Waals surface area contributed by atoms with Gasteiger partial charge in [-0.1, -0.05) is 19.3 Å². The van der Waals surface area contributed by atoms with E-state index in [1.54, 1.807) is 0 Å². The first-order chi connectivity index (χ1) is 9.32. The van der Waals surface area contributed by atoms with Crippen molar-refractivity contribution < 1.29 is 18.5 Å². The molecule has 0 atom stereocenters. The van der Waals surface area contributed by atoms with Gasteiger partial charge in [-0.05, 0) is 25.0 Å². The predicted octanol–water partition coefficient (Wildman–Crippen LogP) is 2.84. The normalized spacial score (nSPS) is 17.2. The fourth-order valence-electron chi connectivity index (χ4n) is 2.65. The van der Waals surface area contributed by atoms with Gasteiger partial charge >= 0.3 is 7.59 Å². The van der Waals surface area contributed by atoms with Crippen molar-refractivity contribution >= 4 is 13.3 Å². The van der Waals surface area contributed by atoms with Crippen molar-refractivity contribution in [3.63, 3.8) is 0 Å². The van der Waals surface area contributed by atoms with Crippen LogP contribution >= 0.6 is 7.59 Å². The maximum Gasteiger partial charge on any atom is 0.300 e. The third-order valence-corrected chi connectivity index (χ3v) is 4.76. The molecule has 5 N–H and O–H groups in total. The smallest absolute Gasteiger partial charge is 0.300 e. The summed E-state index contributed by atoms with van der Waals surface area (Å²) in [6, 6.07) is 1.86. The second kappa shape index (κ2) is 5.68. The van der Waals surface area contributed by atoms with Crippen molar-refractivity contribution in [3.8, 4) is 5.75 Å². The fraction of sp³-hybridized carbons (Fsp3) is 0.500. The first-order valence-electron chi connectivity index (χ1n) is 6.46. The number of benzene rings is 1. The number of rotatable bonds is 3. The molecule has 2 rings (SSSR count). The molecular formula is C12H18F2N3O2P. The van der Waals surface area contributed by atoms with E-state index >= 15 is 0 Å². The highest BCUT2D eigenvalue weighted by Gasteiger charge is 2.33. The van der Waals surface area contributed by atoms with E-state index < -0.39 is 25.0 Å². The third kappa shape index (κ3) is 2.95. The molecule has 1 fully saturated rings. The number of phenolic OH excluding ortho intramolecular Hbond substituents is 1. The van der Waals surface area contributed by atoms with Crippen LogP contribution in [0.3, 0.4) is 0 Å². The Labute approximate surface area is 116 Å². The van der Waals surface area contributed by atoms with Crippen LogP contribution in [-0.2, 0) is 4.57 Å². The SMILES string of the molecule is NP(N)(=O)N(c1ccc(O)c(F)c1F)C1CCCCC1. The lowest BCUT2D eigenvalue weighted by Crippen LogP contribution is -2.39. The molecule has 0 bridgehead atoms. The Hall–Kier alpha value is -1.17. The maximum absolute atomic E-state index is 14.0. The topological polar surface area (TPSA) is 92.6 Å². The Kier molecular flexibility index (Phi) is 4.32. The van der Waals surface area contributed by atoms with Crippen LogP contribution in [0.4, 0.5) is 14.5 Å². The number of nitrogens with zero attached hydrogens (tertiary/aromatic N) is 1. The largest absolute Gasteiger partial charge is 0.505 e. The van der Waals surface area contributed by atoms with Gasteiger partial charge in [0.1, 0.15) is 0 Å². The molecule has 0 aromatic heterocycles. The Balaban J connectivity index is 2.47. The lowest BCUT2D eigenvalue weighted by atomic mass is 9.95. The van der Waals surface area contributed by atoms with E-state index in [2.05, 4.69) is 0 Å². The molecule has 5 nitrogen and oxygen atoms in total. The summed E-state index contributed by atoms with van der Waals surface area (Å²) in [5.74, 6) is -3.48. The highest BCUT2D eigenvalue weighted by molar-refractivity contribution is 7.60. The van der Waals surface area contributed by atoms with Crippen molar-refractivity contribution in [2.75, 3.05) is 4.67 Å². The quantitative estimate of drug-likeness (QED) is 0.747. The van der Waals surface area contributed by atoms with E-state index in [0.717, 1.165) is 36.1 Å². The third-order valence-electron chi connectivity index (χ3n) is 3.55. The molecule has 0 saturated heterocycles. The van der Waals surface area contributed by atoms with Crippen LogP contribution < -0.4 is 15.7 Å². The van der Waals surface area contributed by atoms with Crippen LogP contribution in [0.1, 0.15) is 32.1 Å². The summed E-state index contributed by atoms with van der Waals surface area (Å²) in [6.45, 7) is 0. The molecule has 0 aliphatic heterocycles. The van der Waals surface area contributed by atoms with Gasteiger partial charge in [0.05, 0.1) is 5.69 Å². The molecule has 0 amide bonds. The molecule has 1 aromatic carbocycles. The molecule has 0 radical (unpaired) electrons. The Morgan fingerprint density at radius 2 is 1.75 bits per heavy atom. The molecular weight excluding hydrogens is 287 g/mol. The van der Waals surface area contributed by atoms with E-state index in [1.807, 2.05) is 0 Å². The number of phenols is 1. The summed E-state index contributed by atoms with van der Waals surface area (Å²) in [6.07, 6.45) is 4.16. The molecule has 20 heavy (non-hydrogen) atoms. The van der Waals surface area contributed by atoms with E-state index in [-0.39, 0.29) is 11.7 Å². The molecule has 0 unspecified atom stereocenters. The number of hydrogen-bond acceptors (Lipinski definition) is 2. The fourth-order valence-corrected chi connectivity index (χ4v) is 3.88. The summed E-state index contributed by atoms with van der Waals surface area (Å²) < 4.78 is 40.7. The Bertz CT molecular complexity index is 544. The summed E-state index contributed by atoms with van der Waals surface area (Å²) in [7, 11) is -3.78. The van der Waals surface area contributed by atoms with Gasteiger partial charge < -0.3 is 5.11 Å². The lowest BCUT2D eigenvalue weighted by Gasteiger charge is -2.37. The van der Waals surface area contributed by atoms with E-state index in [1.165, 1.54) is 0 Å². The number of halogens is 2.